The van der Waals surface area contributed by atoms with Crippen LogP contribution in [0.2, 0.25) is 10.0 Å². The summed E-state index contributed by atoms with van der Waals surface area (Å²) in [6, 6.07) is 4.14. The molecule has 1 atom stereocenters. The highest BCUT2D eigenvalue weighted by molar-refractivity contribution is 6.34. The number of nitrogens with zero attached hydrogens (tertiary/aromatic N) is 10. The molecule has 0 spiro atoms. The summed E-state index contributed by atoms with van der Waals surface area (Å²) >= 11 is 12.8. The Balaban J connectivity index is 1.45. The minimum absolute atomic E-state index is 0.0183. The third kappa shape index (κ3) is 4.31. The molecular weight excluding hydrogens is 522 g/mol. The molecule has 0 aliphatic heterocycles. The number of aromatic nitrogens is 10. The SMILES string of the molecule is Cn1nncc1-c1cnn([C@H](CC2CC2)c2cc(Cl)c(-c3c(-n4cnnn4)ccc(Cl)c3F)c[n+]2[O-])c1. The van der Waals surface area contributed by atoms with Crippen molar-refractivity contribution in [1.29, 1.82) is 0 Å². The first-order valence-corrected chi connectivity index (χ1v) is 12.2. The average molecular weight is 541 g/mol. The summed E-state index contributed by atoms with van der Waals surface area (Å²) in [6.07, 6.45) is 10.7. The van der Waals surface area contributed by atoms with E-state index < -0.39 is 5.82 Å². The lowest BCUT2D eigenvalue weighted by Crippen LogP contribution is -2.36. The molecule has 0 radical (unpaired) electrons. The van der Waals surface area contributed by atoms with Crippen LogP contribution in [-0.4, -0.2) is 45.0 Å². The molecule has 37 heavy (non-hydrogen) atoms. The Morgan fingerprint density at radius 1 is 1.16 bits per heavy atom. The largest absolute Gasteiger partial charge is 0.618 e. The van der Waals surface area contributed by atoms with E-state index in [2.05, 4.69) is 30.9 Å². The van der Waals surface area contributed by atoms with Crippen molar-refractivity contribution < 1.29 is 9.12 Å². The molecule has 0 unspecified atom stereocenters. The second-order valence-corrected chi connectivity index (χ2v) is 9.76. The van der Waals surface area contributed by atoms with E-state index in [4.69, 9.17) is 23.2 Å². The Labute approximate surface area is 219 Å². The Morgan fingerprint density at radius 3 is 2.70 bits per heavy atom. The zero-order valence-corrected chi connectivity index (χ0v) is 20.9. The molecular formula is C23H19Cl2FN10O. The van der Waals surface area contributed by atoms with Crippen LogP contribution in [0.4, 0.5) is 4.39 Å². The van der Waals surface area contributed by atoms with Gasteiger partial charge in [0.1, 0.15) is 12.4 Å². The van der Waals surface area contributed by atoms with E-state index in [1.165, 1.54) is 23.3 Å². The van der Waals surface area contributed by atoms with E-state index in [9.17, 15) is 5.21 Å². The first kappa shape index (κ1) is 23.5. The summed E-state index contributed by atoms with van der Waals surface area (Å²) in [6.45, 7) is 0. The van der Waals surface area contributed by atoms with Gasteiger partial charge < -0.3 is 5.21 Å². The van der Waals surface area contributed by atoms with Crippen LogP contribution in [0, 0.1) is 16.9 Å². The number of pyridine rings is 1. The zero-order valence-electron chi connectivity index (χ0n) is 19.4. The van der Waals surface area contributed by atoms with Crippen LogP contribution in [0.5, 0.6) is 0 Å². The highest BCUT2D eigenvalue weighted by Crippen LogP contribution is 2.41. The highest BCUT2D eigenvalue weighted by Gasteiger charge is 2.33. The van der Waals surface area contributed by atoms with Gasteiger partial charge in [-0.15, -0.1) is 10.2 Å². The molecule has 6 rings (SSSR count). The van der Waals surface area contributed by atoms with E-state index in [-0.39, 0.29) is 32.9 Å². The summed E-state index contributed by atoms with van der Waals surface area (Å²) in [4.78, 5) is 0. The van der Waals surface area contributed by atoms with Crippen LogP contribution in [0.3, 0.4) is 0 Å². The van der Waals surface area contributed by atoms with Gasteiger partial charge in [-0.25, -0.2) is 9.07 Å². The Bertz CT molecular complexity index is 1600. The van der Waals surface area contributed by atoms with E-state index in [1.54, 1.807) is 40.9 Å². The second kappa shape index (κ2) is 9.20. The van der Waals surface area contributed by atoms with Crippen LogP contribution < -0.4 is 4.73 Å². The van der Waals surface area contributed by atoms with E-state index >= 15 is 4.39 Å². The number of hydrogen-bond donors (Lipinski definition) is 0. The molecule has 4 heterocycles. The van der Waals surface area contributed by atoms with Gasteiger partial charge in [0.25, 0.3) is 0 Å². The van der Waals surface area contributed by atoms with Crippen molar-refractivity contribution in [3.8, 4) is 28.1 Å². The summed E-state index contributed by atoms with van der Waals surface area (Å²) in [5.74, 6) is -0.258. The fourth-order valence-electron chi connectivity index (χ4n) is 4.44. The second-order valence-electron chi connectivity index (χ2n) is 8.94. The van der Waals surface area contributed by atoms with Crippen molar-refractivity contribution in [3.63, 3.8) is 0 Å². The van der Waals surface area contributed by atoms with E-state index in [1.807, 2.05) is 6.20 Å². The lowest BCUT2D eigenvalue weighted by atomic mass is 10.0. The maximum Gasteiger partial charge on any atom is 0.218 e. The van der Waals surface area contributed by atoms with Gasteiger partial charge in [-0.3, -0.25) is 4.68 Å². The Kier molecular flexibility index (Phi) is 5.84. The van der Waals surface area contributed by atoms with Gasteiger partial charge in [0.05, 0.1) is 44.9 Å². The first-order chi connectivity index (χ1) is 17.9. The third-order valence-electron chi connectivity index (χ3n) is 6.50. The standard InChI is InChI=1S/C23H19Cl2FN10O/c1-33-21(9-27-31-33)14-8-29-34(10-14)19(6-13-2-3-13)20-7-17(25)15(11-36(20)37)22-18(35-12-28-30-32-35)5-4-16(24)23(22)26/h4-5,7-13,19H,2-3,6H2,1H3/t19-/m1/s1. The summed E-state index contributed by atoms with van der Waals surface area (Å²) in [5.41, 5.74) is 2.48. The molecule has 0 saturated heterocycles. The number of tetrazole rings is 1. The normalized spacial score (nSPS) is 14.3. The van der Waals surface area contributed by atoms with Gasteiger partial charge in [0.15, 0.2) is 12.0 Å². The molecule has 188 valence electrons. The molecule has 5 aromatic rings. The fraction of sp³-hybridized carbons (Fsp3) is 0.261. The monoisotopic (exact) mass is 540 g/mol. The molecule has 1 aromatic carbocycles. The van der Waals surface area contributed by atoms with Crippen LogP contribution >= 0.6 is 23.2 Å². The molecule has 14 heteroatoms. The first-order valence-electron chi connectivity index (χ1n) is 11.4. The molecule has 1 fully saturated rings. The van der Waals surface area contributed by atoms with Gasteiger partial charge in [-0.05, 0) is 34.9 Å². The highest BCUT2D eigenvalue weighted by atomic mass is 35.5. The van der Waals surface area contributed by atoms with Crippen LogP contribution in [-0.2, 0) is 7.05 Å². The van der Waals surface area contributed by atoms with Crippen molar-refractivity contribution in [1.82, 2.24) is 45.0 Å². The number of rotatable bonds is 7. The van der Waals surface area contributed by atoms with Gasteiger partial charge in [-0.1, -0.05) is 41.3 Å². The van der Waals surface area contributed by atoms with Gasteiger partial charge in [0.2, 0.25) is 5.69 Å². The smallest absolute Gasteiger partial charge is 0.218 e. The van der Waals surface area contributed by atoms with E-state index in [0.29, 0.717) is 22.8 Å². The molecule has 1 saturated carbocycles. The predicted molar refractivity (Wildman–Crippen MR) is 131 cm³/mol. The molecule has 0 bridgehead atoms. The van der Waals surface area contributed by atoms with E-state index in [0.717, 1.165) is 24.1 Å². The number of aryl methyl sites for hydroxylation is 1. The van der Waals surface area contributed by atoms with Crippen molar-refractivity contribution in [2.45, 2.75) is 25.3 Å². The van der Waals surface area contributed by atoms with Crippen LogP contribution in [0.25, 0.3) is 28.1 Å². The number of hydrogen-bond acceptors (Lipinski definition) is 7. The topological polar surface area (TPSA) is 119 Å². The minimum Gasteiger partial charge on any atom is -0.618 e. The van der Waals surface area contributed by atoms with Crippen molar-refractivity contribution in [3.05, 3.63) is 76.1 Å². The fourth-order valence-corrected chi connectivity index (χ4v) is 4.85. The molecule has 11 nitrogen and oxygen atoms in total. The summed E-state index contributed by atoms with van der Waals surface area (Å²) < 4.78 is 20.7. The maximum absolute atomic E-state index is 15.3. The lowest BCUT2D eigenvalue weighted by Gasteiger charge is -2.19. The Morgan fingerprint density at radius 2 is 2.00 bits per heavy atom. The summed E-state index contributed by atoms with van der Waals surface area (Å²) in [5, 5.41) is 37.0. The van der Waals surface area contributed by atoms with Crippen molar-refractivity contribution in [2.75, 3.05) is 0 Å². The number of benzene rings is 1. The van der Waals surface area contributed by atoms with Crippen molar-refractivity contribution in [2.24, 2.45) is 13.0 Å². The third-order valence-corrected chi connectivity index (χ3v) is 7.10. The molecule has 4 aromatic heterocycles. The summed E-state index contributed by atoms with van der Waals surface area (Å²) in [7, 11) is 1.80. The van der Waals surface area contributed by atoms with Gasteiger partial charge in [-0.2, -0.15) is 14.5 Å². The van der Waals surface area contributed by atoms with Gasteiger partial charge in [0, 0.05) is 24.9 Å². The molecule has 1 aliphatic rings. The Hall–Kier alpha value is -3.90. The minimum atomic E-state index is -0.736. The van der Waals surface area contributed by atoms with Gasteiger partial charge >= 0.3 is 0 Å². The average Bonchev–Trinajstić information content (AvgIpc) is 3.25. The predicted octanol–water partition coefficient (Wildman–Crippen LogP) is 3.79. The molecule has 1 aliphatic carbocycles. The number of halogens is 3. The van der Waals surface area contributed by atoms with Crippen LogP contribution in [0.1, 0.15) is 31.0 Å². The lowest BCUT2D eigenvalue weighted by molar-refractivity contribution is -0.615. The van der Waals surface area contributed by atoms with Crippen molar-refractivity contribution >= 4 is 23.2 Å². The maximum atomic E-state index is 15.3. The quantitative estimate of drug-likeness (QED) is 0.227. The zero-order chi connectivity index (χ0) is 25.7. The molecule has 0 N–H and O–H groups in total. The molecule has 0 amide bonds. The van der Waals surface area contributed by atoms with Crippen LogP contribution in [0.15, 0.2) is 49.3 Å².